The maximum Gasteiger partial charge on any atom is 0.00596 e. The number of alkyl halides is 1. The fourth-order valence-corrected chi connectivity index (χ4v) is 5.46. The Hall–Kier alpha value is 0.480. The number of rotatable bonds is 3. The topological polar surface area (TPSA) is 0 Å². The lowest BCUT2D eigenvalue weighted by atomic mass is 9.64. The van der Waals surface area contributed by atoms with Crippen molar-refractivity contribution in [1.29, 1.82) is 0 Å². The van der Waals surface area contributed by atoms with Gasteiger partial charge < -0.3 is 0 Å². The molecule has 3 aliphatic carbocycles. The monoisotopic (exact) mass is 312 g/mol. The fourth-order valence-electron chi connectivity index (χ4n) is 4.81. The minimum atomic E-state index is 0.993. The summed E-state index contributed by atoms with van der Waals surface area (Å²) in [6, 6.07) is 0. The quantitative estimate of drug-likeness (QED) is 0.578. The Morgan fingerprint density at radius 1 is 0.556 bits per heavy atom. The third-order valence-electron chi connectivity index (χ3n) is 6.41. The van der Waals surface area contributed by atoms with Gasteiger partial charge in [-0.1, -0.05) is 35.2 Å². The van der Waals surface area contributed by atoms with Crippen LogP contribution in [0.3, 0.4) is 0 Å². The highest BCUT2D eigenvalue weighted by Gasteiger charge is 2.34. The molecule has 3 aliphatic rings. The summed E-state index contributed by atoms with van der Waals surface area (Å²) < 4.78 is 0. The average Bonchev–Trinajstić information content (AvgIpc) is 2.38. The van der Waals surface area contributed by atoms with Crippen LogP contribution in [0.15, 0.2) is 0 Å². The van der Waals surface area contributed by atoms with E-state index in [1.165, 1.54) is 37.4 Å². The standard InChI is InChI=1S/C17H29Br/c18-12-13-4-6-15(7-5-13)17-10-8-16(9-11-17)14-2-1-3-14/h13-17H,1-12H2. The van der Waals surface area contributed by atoms with Crippen LogP contribution in [0.5, 0.6) is 0 Å². The Balaban J connectivity index is 1.42. The van der Waals surface area contributed by atoms with E-state index >= 15 is 0 Å². The van der Waals surface area contributed by atoms with E-state index in [-0.39, 0.29) is 0 Å². The average molecular weight is 313 g/mol. The van der Waals surface area contributed by atoms with Gasteiger partial charge in [0.25, 0.3) is 0 Å². The zero-order chi connectivity index (χ0) is 12.4. The molecule has 3 fully saturated rings. The summed E-state index contributed by atoms with van der Waals surface area (Å²) >= 11 is 3.66. The van der Waals surface area contributed by atoms with Gasteiger partial charge in [-0.15, -0.1) is 0 Å². The molecule has 0 aliphatic heterocycles. The van der Waals surface area contributed by atoms with Gasteiger partial charge in [0.1, 0.15) is 0 Å². The Morgan fingerprint density at radius 3 is 1.28 bits per heavy atom. The normalized spacial score (nSPS) is 42.5. The van der Waals surface area contributed by atoms with Gasteiger partial charge in [-0.2, -0.15) is 0 Å². The van der Waals surface area contributed by atoms with E-state index in [1.807, 2.05) is 0 Å². The van der Waals surface area contributed by atoms with Gasteiger partial charge in [0.15, 0.2) is 0 Å². The van der Waals surface area contributed by atoms with Crippen molar-refractivity contribution >= 4 is 15.9 Å². The van der Waals surface area contributed by atoms with Crippen molar-refractivity contribution in [1.82, 2.24) is 0 Å². The van der Waals surface area contributed by atoms with Gasteiger partial charge in [0.2, 0.25) is 0 Å². The summed E-state index contributed by atoms with van der Waals surface area (Å²) in [6.07, 6.45) is 17.0. The van der Waals surface area contributed by atoms with Gasteiger partial charge >= 0.3 is 0 Å². The molecular formula is C17H29Br. The molecule has 1 heteroatoms. The van der Waals surface area contributed by atoms with E-state index in [4.69, 9.17) is 0 Å². The van der Waals surface area contributed by atoms with Crippen molar-refractivity contribution in [2.45, 2.75) is 70.6 Å². The second-order valence-electron chi connectivity index (χ2n) is 7.30. The summed E-state index contributed by atoms with van der Waals surface area (Å²) in [5.74, 6) is 5.48. The summed E-state index contributed by atoms with van der Waals surface area (Å²) in [5.41, 5.74) is 0. The summed E-state index contributed by atoms with van der Waals surface area (Å²) in [5, 5.41) is 1.24. The van der Waals surface area contributed by atoms with Crippen LogP contribution in [0.2, 0.25) is 0 Å². The molecular weight excluding hydrogens is 284 g/mol. The van der Waals surface area contributed by atoms with Crippen molar-refractivity contribution in [3.05, 3.63) is 0 Å². The van der Waals surface area contributed by atoms with E-state index in [1.54, 1.807) is 38.5 Å². The molecule has 0 bridgehead atoms. The first-order chi connectivity index (χ1) is 8.86. The second-order valence-corrected chi connectivity index (χ2v) is 7.95. The predicted molar refractivity (Wildman–Crippen MR) is 82.0 cm³/mol. The molecule has 0 saturated heterocycles. The van der Waals surface area contributed by atoms with Crippen LogP contribution in [-0.4, -0.2) is 5.33 Å². The molecule has 0 amide bonds. The van der Waals surface area contributed by atoms with Gasteiger partial charge in [0.05, 0.1) is 0 Å². The SMILES string of the molecule is BrCC1CCC(C2CCC(C3CCC3)CC2)CC1. The second kappa shape index (κ2) is 6.29. The van der Waals surface area contributed by atoms with Gasteiger partial charge in [0, 0.05) is 5.33 Å². The zero-order valence-electron chi connectivity index (χ0n) is 11.7. The van der Waals surface area contributed by atoms with Crippen LogP contribution in [0.25, 0.3) is 0 Å². The van der Waals surface area contributed by atoms with Crippen LogP contribution >= 0.6 is 15.9 Å². The van der Waals surface area contributed by atoms with E-state index in [0.29, 0.717) is 0 Å². The molecule has 0 N–H and O–H groups in total. The van der Waals surface area contributed by atoms with Crippen molar-refractivity contribution in [2.75, 3.05) is 5.33 Å². The van der Waals surface area contributed by atoms with Crippen LogP contribution in [0.4, 0.5) is 0 Å². The largest absolute Gasteiger partial charge is 0.0925 e. The van der Waals surface area contributed by atoms with Gasteiger partial charge in [-0.3, -0.25) is 0 Å². The highest BCUT2D eigenvalue weighted by Crippen LogP contribution is 2.46. The predicted octanol–water partition coefficient (Wildman–Crippen LogP) is 5.79. The minimum absolute atomic E-state index is 0.993. The Bertz CT molecular complexity index is 242. The minimum Gasteiger partial charge on any atom is -0.0925 e. The van der Waals surface area contributed by atoms with Crippen LogP contribution < -0.4 is 0 Å². The summed E-state index contributed by atoms with van der Waals surface area (Å²) in [7, 11) is 0. The molecule has 0 radical (unpaired) electrons. The first-order valence-electron chi connectivity index (χ1n) is 8.42. The van der Waals surface area contributed by atoms with Crippen molar-refractivity contribution < 1.29 is 0 Å². The molecule has 0 aromatic rings. The molecule has 0 heterocycles. The highest BCUT2D eigenvalue weighted by atomic mass is 79.9. The third-order valence-corrected chi connectivity index (χ3v) is 7.32. The first kappa shape index (κ1) is 13.5. The molecule has 0 atom stereocenters. The molecule has 18 heavy (non-hydrogen) atoms. The van der Waals surface area contributed by atoms with Crippen molar-refractivity contribution in [2.24, 2.45) is 29.6 Å². The first-order valence-corrected chi connectivity index (χ1v) is 9.55. The highest BCUT2D eigenvalue weighted by molar-refractivity contribution is 9.09. The van der Waals surface area contributed by atoms with Gasteiger partial charge in [-0.25, -0.2) is 0 Å². The zero-order valence-corrected chi connectivity index (χ0v) is 13.3. The number of halogens is 1. The summed E-state index contributed by atoms with van der Waals surface area (Å²) in [4.78, 5) is 0. The van der Waals surface area contributed by atoms with E-state index in [9.17, 15) is 0 Å². The molecule has 0 spiro atoms. The Labute approximate surface area is 121 Å². The molecule has 0 aromatic carbocycles. The van der Waals surface area contributed by atoms with Crippen LogP contribution in [0, 0.1) is 29.6 Å². The Kier molecular flexibility index (Phi) is 4.70. The maximum atomic E-state index is 3.66. The summed E-state index contributed by atoms with van der Waals surface area (Å²) in [6.45, 7) is 0. The van der Waals surface area contributed by atoms with Crippen LogP contribution in [0.1, 0.15) is 70.6 Å². The van der Waals surface area contributed by atoms with E-state index < -0.39 is 0 Å². The lowest BCUT2D eigenvalue weighted by Crippen LogP contribution is -2.30. The molecule has 0 unspecified atom stereocenters. The van der Waals surface area contributed by atoms with Gasteiger partial charge in [-0.05, 0) is 81.0 Å². The van der Waals surface area contributed by atoms with E-state index in [0.717, 1.165) is 29.6 Å². The third kappa shape index (κ3) is 2.97. The van der Waals surface area contributed by atoms with E-state index in [2.05, 4.69) is 15.9 Å². The lowest BCUT2D eigenvalue weighted by molar-refractivity contribution is 0.100. The lowest BCUT2D eigenvalue weighted by Gasteiger charge is -2.42. The molecule has 0 nitrogen and oxygen atoms in total. The molecule has 0 aromatic heterocycles. The number of hydrogen-bond acceptors (Lipinski definition) is 0. The smallest absolute Gasteiger partial charge is 0.00596 e. The molecule has 3 saturated carbocycles. The van der Waals surface area contributed by atoms with Crippen LogP contribution in [-0.2, 0) is 0 Å². The maximum absolute atomic E-state index is 3.66. The molecule has 3 rings (SSSR count). The van der Waals surface area contributed by atoms with Crippen molar-refractivity contribution in [3.8, 4) is 0 Å². The Morgan fingerprint density at radius 2 is 0.944 bits per heavy atom. The fraction of sp³-hybridized carbons (Fsp3) is 1.00. The molecule has 104 valence electrons. The number of hydrogen-bond donors (Lipinski definition) is 0. The van der Waals surface area contributed by atoms with Crippen molar-refractivity contribution in [3.63, 3.8) is 0 Å².